The summed E-state index contributed by atoms with van der Waals surface area (Å²) in [4.78, 5) is 29.0. The normalized spacial score (nSPS) is 12.2. The van der Waals surface area contributed by atoms with E-state index in [2.05, 4.69) is 10.3 Å². The van der Waals surface area contributed by atoms with Crippen LogP contribution in [0.2, 0.25) is 0 Å². The Morgan fingerprint density at radius 2 is 1.79 bits per heavy atom. The molecule has 0 fully saturated rings. The molecule has 0 radical (unpaired) electrons. The zero-order valence-corrected chi connectivity index (χ0v) is 18.0. The molecule has 1 heterocycles. The van der Waals surface area contributed by atoms with Gasteiger partial charge in [0, 0.05) is 11.8 Å². The third-order valence-electron chi connectivity index (χ3n) is 4.29. The molecular formula is C23H30N2O4. The summed E-state index contributed by atoms with van der Waals surface area (Å²) < 4.78 is 10.4. The average Bonchev–Trinajstić information content (AvgIpc) is 2.60. The van der Waals surface area contributed by atoms with Crippen molar-refractivity contribution in [1.29, 1.82) is 0 Å². The Balaban J connectivity index is 2.37. The first-order valence-corrected chi connectivity index (χ1v) is 9.78. The molecule has 6 nitrogen and oxygen atoms in total. The number of hydrogen-bond donors (Lipinski definition) is 1. The quantitative estimate of drug-likeness (QED) is 0.702. The molecule has 0 saturated carbocycles. The second kappa shape index (κ2) is 9.54. The highest BCUT2D eigenvalue weighted by molar-refractivity contribution is 5.74. The van der Waals surface area contributed by atoms with Crippen LogP contribution in [0.1, 0.15) is 56.8 Å². The van der Waals surface area contributed by atoms with Crippen LogP contribution in [0.3, 0.4) is 0 Å². The molecule has 0 spiro atoms. The van der Waals surface area contributed by atoms with Crippen molar-refractivity contribution in [2.45, 2.75) is 59.6 Å². The van der Waals surface area contributed by atoms with Gasteiger partial charge in [0.25, 0.3) is 0 Å². The van der Waals surface area contributed by atoms with Crippen molar-refractivity contribution in [3.63, 3.8) is 0 Å². The summed E-state index contributed by atoms with van der Waals surface area (Å²) in [6, 6.07) is 9.17. The zero-order valence-electron chi connectivity index (χ0n) is 18.0. The van der Waals surface area contributed by atoms with Gasteiger partial charge < -0.3 is 14.8 Å². The molecule has 0 unspecified atom stereocenters. The second-order valence-corrected chi connectivity index (χ2v) is 7.95. The molecule has 1 N–H and O–H groups in total. The molecule has 1 atom stereocenters. The minimum Gasteiger partial charge on any atom is -0.466 e. The number of rotatable bonds is 6. The second-order valence-electron chi connectivity index (χ2n) is 7.95. The van der Waals surface area contributed by atoms with Gasteiger partial charge in [0.2, 0.25) is 0 Å². The topological polar surface area (TPSA) is 77.5 Å². The molecule has 1 aromatic carbocycles. The lowest BCUT2D eigenvalue weighted by molar-refractivity contribution is -0.143. The fraction of sp³-hybridized carbons (Fsp3) is 0.435. The molecule has 29 heavy (non-hydrogen) atoms. The highest BCUT2D eigenvalue weighted by Crippen LogP contribution is 2.28. The maximum Gasteiger partial charge on any atom is 0.408 e. The zero-order chi connectivity index (χ0) is 21.6. The molecule has 0 saturated heterocycles. The number of nitrogens with zero attached hydrogens (tertiary/aromatic N) is 1. The van der Waals surface area contributed by atoms with E-state index in [1.165, 1.54) is 0 Å². The molecule has 156 valence electrons. The molecule has 0 aliphatic rings. The lowest BCUT2D eigenvalue weighted by Crippen LogP contribution is -2.36. The molecule has 1 amide bonds. The summed E-state index contributed by atoms with van der Waals surface area (Å²) in [5.74, 6) is -0.390. The maximum atomic E-state index is 12.3. The van der Waals surface area contributed by atoms with Crippen LogP contribution in [0.15, 0.2) is 36.5 Å². The average molecular weight is 399 g/mol. The molecule has 2 rings (SSSR count). The first-order chi connectivity index (χ1) is 13.6. The first kappa shape index (κ1) is 22.4. The molecule has 0 aliphatic heterocycles. The monoisotopic (exact) mass is 398 g/mol. The lowest BCUT2D eigenvalue weighted by Gasteiger charge is -2.24. The Hall–Kier alpha value is -2.89. The van der Waals surface area contributed by atoms with Gasteiger partial charge in [-0.2, -0.15) is 0 Å². The first-order valence-electron chi connectivity index (χ1n) is 9.78. The van der Waals surface area contributed by atoms with Crippen LogP contribution in [-0.4, -0.2) is 29.3 Å². The third-order valence-corrected chi connectivity index (χ3v) is 4.29. The van der Waals surface area contributed by atoms with E-state index < -0.39 is 17.7 Å². The Bertz CT molecular complexity index is 851. The van der Waals surface area contributed by atoms with Crippen LogP contribution in [0.4, 0.5) is 4.79 Å². The number of nitrogens with one attached hydrogen (secondary N) is 1. The van der Waals surface area contributed by atoms with Gasteiger partial charge in [-0.15, -0.1) is 0 Å². The van der Waals surface area contributed by atoms with E-state index in [0.717, 1.165) is 27.9 Å². The minimum atomic E-state index is -0.639. The molecule has 2 aromatic rings. The van der Waals surface area contributed by atoms with Gasteiger partial charge in [0.05, 0.1) is 24.8 Å². The maximum absolute atomic E-state index is 12.3. The molecule has 0 bridgehead atoms. The van der Waals surface area contributed by atoms with Crippen LogP contribution in [-0.2, 0) is 14.3 Å². The number of carbonyl (C=O) groups excluding carboxylic acids is 2. The smallest absolute Gasteiger partial charge is 0.408 e. The number of aryl methyl sites for hydroxylation is 2. The van der Waals surface area contributed by atoms with Crippen molar-refractivity contribution in [1.82, 2.24) is 10.3 Å². The number of carbonyl (C=O) groups is 2. The van der Waals surface area contributed by atoms with E-state index in [9.17, 15) is 9.59 Å². The summed E-state index contributed by atoms with van der Waals surface area (Å²) in [6.45, 7) is 11.5. The van der Waals surface area contributed by atoms with Crippen LogP contribution in [0, 0.1) is 13.8 Å². The Kier molecular flexibility index (Phi) is 7.37. The SMILES string of the molecule is CCOC(=O)C[C@H](NC(=O)OC(C)(C)C)c1ccnc(-c2c(C)cccc2C)c1. The van der Waals surface area contributed by atoms with Crippen LogP contribution >= 0.6 is 0 Å². The summed E-state index contributed by atoms with van der Waals surface area (Å²) in [5, 5.41) is 2.80. The fourth-order valence-electron chi connectivity index (χ4n) is 3.11. The van der Waals surface area contributed by atoms with Crippen molar-refractivity contribution in [3.8, 4) is 11.3 Å². The van der Waals surface area contributed by atoms with E-state index in [1.807, 2.05) is 38.1 Å². The van der Waals surface area contributed by atoms with E-state index in [1.54, 1.807) is 40.0 Å². The van der Waals surface area contributed by atoms with Gasteiger partial charge >= 0.3 is 12.1 Å². The minimum absolute atomic E-state index is 0.00326. The summed E-state index contributed by atoms with van der Waals surface area (Å²) >= 11 is 0. The largest absolute Gasteiger partial charge is 0.466 e. The number of amides is 1. The van der Waals surface area contributed by atoms with Crippen molar-refractivity contribution in [3.05, 3.63) is 53.2 Å². The highest BCUT2D eigenvalue weighted by atomic mass is 16.6. The summed E-state index contributed by atoms with van der Waals surface area (Å²) in [7, 11) is 0. The van der Waals surface area contributed by atoms with Crippen molar-refractivity contribution >= 4 is 12.1 Å². The van der Waals surface area contributed by atoms with Gasteiger partial charge in [0.1, 0.15) is 5.60 Å². The van der Waals surface area contributed by atoms with Crippen LogP contribution in [0.5, 0.6) is 0 Å². The third kappa shape index (κ3) is 6.59. The predicted molar refractivity (Wildman–Crippen MR) is 113 cm³/mol. The van der Waals surface area contributed by atoms with Gasteiger partial charge in [-0.05, 0) is 70.4 Å². The fourth-order valence-corrected chi connectivity index (χ4v) is 3.11. The van der Waals surface area contributed by atoms with E-state index >= 15 is 0 Å². The number of benzene rings is 1. The van der Waals surface area contributed by atoms with Gasteiger partial charge in [0.15, 0.2) is 0 Å². The molecule has 6 heteroatoms. The summed E-state index contributed by atoms with van der Waals surface area (Å²) in [5.41, 5.74) is 4.17. The Morgan fingerprint density at radius 3 is 2.38 bits per heavy atom. The number of esters is 1. The van der Waals surface area contributed by atoms with Gasteiger partial charge in [-0.1, -0.05) is 18.2 Å². The lowest BCUT2D eigenvalue weighted by atomic mass is 9.96. The van der Waals surface area contributed by atoms with Crippen molar-refractivity contribution in [2.75, 3.05) is 6.61 Å². The molecule has 0 aliphatic carbocycles. The van der Waals surface area contributed by atoms with Crippen molar-refractivity contribution < 1.29 is 19.1 Å². The van der Waals surface area contributed by atoms with Gasteiger partial charge in [-0.25, -0.2) is 4.79 Å². The standard InChI is InChI=1S/C23H30N2O4/c1-7-28-20(26)14-18(25-22(27)29-23(4,5)6)17-11-12-24-19(13-17)21-15(2)9-8-10-16(21)3/h8-13,18H,7,14H2,1-6H3,(H,25,27)/t18-/m0/s1. The van der Waals surface area contributed by atoms with E-state index in [-0.39, 0.29) is 19.0 Å². The number of aromatic nitrogens is 1. The van der Waals surface area contributed by atoms with Crippen molar-refractivity contribution in [2.24, 2.45) is 0 Å². The molecule has 1 aromatic heterocycles. The number of pyridine rings is 1. The van der Waals surface area contributed by atoms with E-state index in [4.69, 9.17) is 9.47 Å². The number of hydrogen-bond acceptors (Lipinski definition) is 5. The number of alkyl carbamates (subject to hydrolysis) is 1. The number of ether oxygens (including phenoxy) is 2. The van der Waals surface area contributed by atoms with Crippen LogP contribution in [0.25, 0.3) is 11.3 Å². The highest BCUT2D eigenvalue weighted by Gasteiger charge is 2.24. The summed E-state index contributed by atoms with van der Waals surface area (Å²) in [6.07, 6.45) is 1.10. The van der Waals surface area contributed by atoms with Crippen LogP contribution < -0.4 is 5.32 Å². The molecular weight excluding hydrogens is 368 g/mol. The van der Waals surface area contributed by atoms with Gasteiger partial charge in [-0.3, -0.25) is 9.78 Å². The Morgan fingerprint density at radius 1 is 1.14 bits per heavy atom. The predicted octanol–water partition coefficient (Wildman–Crippen LogP) is 4.88. The Labute approximate surface area is 172 Å². The van der Waals surface area contributed by atoms with E-state index in [0.29, 0.717) is 0 Å².